The summed E-state index contributed by atoms with van der Waals surface area (Å²) in [6.45, 7) is 21.6. The molecule has 3 saturated carbocycles. The van der Waals surface area contributed by atoms with Gasteiger partial charge in [0.2, 0.25) is 11.8 Å². The molecule has 6 amide bonds. The number of hydrogen-bond donors (Lipinski definition) is 2. The number of amides is 6. The van der Waals surface area contributed by atoms with E-state index in [1.807, 2.05) is 0 Å². The molecule has 0 aromatic heterocycles. The molecule has 312 valence electrons. The van der Waals surface area contributed by atoms with Gasteiger partial charge in [0.1, 0.15) is 26.4 Å². The highest BCUT2D eigenvalue weighted by Crippen LogP contribution is 2.58. The maximum absolute atomic E-state index is 11.9. The number of carbonyl (C=O) groups is 8. The van der Waals surface area contributed by atoms with Crippen LogP contribution in [0.25, 0.3) is 0 Å². The second-order valence-electron chi connectivity index (χ2n) is 14.1. The van der Waals surface area contributed by atoms with Crippen LogP contribution >= 0.6 is 0 Å². The summed E-state index contributed by atoms with van der Waals surface area (Å²) in [5.41, 5.74) is 0.952. The summed E-state index contributed by atoms with van der Waals surface area (Å²) < 4.78 is 19.2. The number of esters is 4. The fourth-order valence-corrected chi connectivity index (χ4v) is 6.57. The molecule has 4 atom stereocenters. The van der Waals surface area contributed by atoms with Crippen molar-refractivity contribution in [2.24, 2.45) is 23.7 Å². The van der Waals surface area contributed by atoms with Gasteiger partial charge in [0, 0.05) is 36.1 Å². The fourth-order valence-electron chi connectivity index (χ4n) is 6.57. The van der Waals surface area contributed by atoms with Crippen molar-refractivity contribution < 1.29 is 57.3 Å². The van der Waals surface area contributed by atoms with Crippen molar-refractivity contribution in [3.63, 3.8) is 0 Å². The summed E-state index contributed by atoms with van der Waals surface area (Å²) in [6, 6.07) is -1.34. The number of nitrogens with one attached hydrogen (secondary N) is 2. The smallest absolute Gasteiger partial charge is 0.333 e. The van der Waals surface area contributed by atoms with E-state index >= 15 is 0 Å². The minimum Gasteiger partial charge on any atom is -0.460 e. The number of urea groups is 2. The average molecular weight is 789 g/mol. The maximum Gasteiger partial charge on any atom is 0.333 e. The zero-order valence-electron chi connectivity index (χ0n) is 33.8. The van der Waals surface area contributed by atoms with E-state index in [1.54, 1.807) is 38.5 Å². The molecule has 0 aromatic carbocycles. The Kier molecular flexibility index (Phi) is 21.8. The van der Waals surface area contributed by atoms with E-state index in [1.165, 1.54) is 65.2 Å². The minimum absolute atomic E-state index is 0.0349. The van der Waals surface area contributed by atoms with Gasteiger partial charge in [-0.2, -0.15) is 0 Å². The molecular formula is C40H60N4O12. The van der Waals surface area contributed by atoms with E-state index < -0.39 is 47.8 Å². The molecule has 3 rings (SSSR count). The molecular weight excluding hydrogens is 728 g/mol. The van der Waals surface area contributed by atoms with Gasteiger partial charge in [-0.25, -0.2) is 28.8 Å². The predicted molar refractivity (Wildman–Crippen MR) is 206 cm³/mol. The first-order chi connectivity index (χ1) is 26.3. The van der Waals surface area contributed by atoms with E-state index in [9.17, 15) is 38.4 Å². The third-order valence-electron chi connectivity index (χ3n) is 9.31. The Labute approximate surface area is 330 Å². The lowest BCUT2D eigenvalue weighted by Crippen LogP contribution is -2.45. The average Bonchev–Trinajstić information content (AvgIpc) is 3.89. The summed E-state index contributed by atoms with van der Waals surface area (Å²) in [7, 11) is 0. The molecule has 16 heteroatoms. The summed E-state index contributed by atoms with van der Waals surface area (Å²) in [5.74, 6) is 1.47. The molecule has 3 aliphatic rings. The first kappa shape index (κ1) is 48.7. The molecule has 3 fully saturated rings. The lowest BCUT2D eigenvalue weighted by molar-refractivity contribution is -0.141. The van der Waals surface area contributed by atoms with Crippen LogP contribution in [0.5, 0.6) is 0 Å². The number of imide groups is 2. The number of fused-ring (bicyclic) bond motifs is 5. The molecule has 0 radical (unpaired) electrons. The Morgan fingerprint density at radius 2 is 0.804 bits per heavy atom. The largest absolute Gasteiger partial charge is 0.460 e. The topological polar surface area (TPSA) is 204 Å². The molecule has 0 aliphatic heterocycles. The van der Waals surface area contributed by atoms with Crippen LogP contribution in [-0.4, -0.2) is 110 Å². The van der Waals surface area contributed by atoms with Crippen molar-refractivity contribution in [2.75, 3.05) is 52.6 Å². The Hall–Kier alpha value is -5.28. The molecule has 0 heterocycles. The Morgan fingerprint density at radius 1 is 0.500 bits per heavy atom. The van der Waals surface area contributed by atoms with Crippen molar-refractivity contribution in [3.05, 3.63) is 48.6 Å². The van der Waals surface area contributed by atoms with Gasteiger partial charge < -0.3 is 29.6 Å². The summed E-state index contributed by atoms with van der Waals surface area (Å²) >= 11 is 0. The van der Waals surface area contributed by atoms with Gasteiger partial charge in [-0.15, -0.1) is 0 Å². The highest BCUT2D eigenvalue weighted by molar-refractivity contribution is 5.94. The second kappa shape index (κ2) is 25.0. The molecule has 16 nitrogen and oxygen atoms in total. The number of carbonyl (C=O) groups excluding carboxylic acids is 8. The number of rotatable bonds is 16. The Balaban J connectivity index is 0.000000446. The van der Waals surface area contributed by atoms with Crippen LogP contribution in [0.2, 0.25) is 0 Å². The van der Waals surface area contributed by atoms with Gasteiger partial charge in [0.05, 0.1) is 26.2 Å². The fraction of sp³-hybridized carbons (Fsp3) is 0.600. The monoisotopic (exact) mass is 788 g/mol. The van der Waals surface area contributed by atoms with Crippen molar-refractivity contribution >= 4 is 47.8 Å². The molecule has 0 spiro atoms. The van der Waals surface area contributed by atoms with Crippen molar-refractivity contribution in [2.45, 2.75) is 80.1 Å². The normalized spacial score (nSPS) is 18.1. The maximum atomic E-state index is 11.9. The Morgan fingerprint density at radius 3 is 1.09 bits per heavy atom. The molecule has 3 aliphatic carbocycles. The second-order valence-corrected chi connectivity index (χ2v) is 14.1. The van der Waals surface area contributed by atoms with E-state index in [-0.39, 0.29) is 74.9 Å². The zero-order chi connectivity index (χ0) is 42.5. The van der Waals surface area contributed by atoms with Gasteiger partial charge in [0.15, 0.2) is 0 Å². The van der Waals surface area contributed by atoms with Crippen LogP contribution in [0.15, 0.2) is 48.6 Å². The zero-order valence-corrected chi connectivity index (χ0v) is 33.8. The number of hydrogen-bond acceptors (Lipinski definition) is 12. The third kappa shape index (κ3) is 17.5. The lowest BCUT2D eigenvalue weighted by atomic mass is 9.82. The van der Waals surface area contributed by atoms with Crippen molar-refractivity contribution in [1.29, 1.82) is 0 Å². The van der Waals surface area contributed by atoms with Gasteiger partial charge in [-0.3, -0.25) is 19.4 Å². The van der Waals surface area contributed by atoms with Gasteiger partial charge >= 0.3 is 35.9 Å². The molecule has 2 bridgehead atoms. The van der Waals surface area contributed by atoms with Crippen LogP contribution < -0.4 is 10.6 Å². The molecule has 56 heavy (non-hydrogen) atoms. The van der Waals surface area contributed by atoms with Crippen LogP contribution in [-0.2, 0) is 47.7 Å². The first-order valence-corrected chi connectivity index (χ1v) is 18.7. The van der Waals surface area contributed by atoms with E-state index in [2.05, 4.69) is 36.9 Å². The number of ether oxygens (including phenoxy) is 4. The van der Waals surface area contributed by atoms with Crippen molar-refractivity contribution in [3.8, 4) is 0 Å². The van der Waals surface area contributed by atoms with E-state index in [4.69, 9.17) is 18.9 Å². The van der Waals surface area contributed by atoms with Gasteiger partial charge in [0.25, 0.3) is 0 Å². The van der Waals surface area contributed by atoms with Crippen LogP contribution in [0.4, 0.5) is 9.59 Å². The first-order valence-electron chi connectivity index (χ1n) is 18.7. The van der Waals surface area contributed by atoms with Gasteiger partial charge in [-0.05, 0) is 83.5 Å². The van der Waals surface area contributed by atoms with Crippen LogP contribution in [0.3, 0.4) is 0 Å². The lowest BCUT2D eigenvalue weighted by Gasteiger charge is -2.23. The van der Waals surface area contributed by atoms with E-state index in [0.717, 1.165) is 9.80 Å². The van der Waals surface area contributed by atoms with Crippen molar-refractivity contribution in [1.82, 2.24) is 20.4 Å². The molecule has 0 saturated heterocycles. The van der Waals surface area contributed by atoms with E-state index in [0.29, 0.717) is 0 Å². The SMILES string of the molecule is C1CC2C3CCC(C3)C2C1.C=C(C)C(=O)OCCNC(=O)N(CCOC(=O)C(=C)C)C(C)=O.C=C(C)C(=O)OCCNC(=O)N(CCOC(=O)C(=C)C)C(C)=O. The van der Waals surface area contributed by atoms with Crippen LogP contribution in [0, 0.1) is 23.7 Å². The minimum atomic E-state index is -0.671. The molecule has 4 unspecified atom stereocenters. The van der Waals surface area contributed by atoms with Crippen LogP contribution in [0.1, 0.15) is 80.1 Å². The standard InChI is InChI=1S/2C15H22N2O6.C10H16/c2*1-10(2)13(19)22-8-6-16-15(21)17(12(5)18)7-9-23-14(20)11(3)4;1-2-9-7-4-5-8(6-7)10(9)3-1/h2*1,3,6-9H2,2,4-5H3,(H,16,21);7-10H,1-6H2. The molecule has 2 N–H and O–H groups in total. The quantitative estimate of drug-likeness (QED) is 0.0967. The number of nitrogens with zero attached hydrogens (tertiary/aromatic N) is 2. The summed E-state index contributed by atoms with van der Waals surface area (Å²) in [4.78, 5) is 93.0. The molecule has 0 aromatic rings. The summed E-state index contributed by atoms with van der Waals surface area (Å²) in [5, 5.41) is 4.84. The highest BCUT2D eigenvalue weighted by atomic mass is 16.5. The highest BCUT2D eigenvalue weighted by Gasteiger charge is 2.48. The predicted octanol–water partition coefficient (Wildman–Crippen LogP) is 4.40. The third-order valence-corrected chi connectivity index (χ3v) is 9.31. The summed E-state index contributed by atoms with van der Waals surface area (Å²) in [6.07, 6.45) is 9.53. The van der Waals surface area contributed by atoms with Gasteiger partial charge in [-0.1, -0.05) is 32.7 Å². The Bertz CT molecular complexity index is 1400.